The first kappa shape index (κ1) is 19.7. The van der Waals surface area contributed by atoms with Crippen LogP contribution >= 0.6 is 0 Å². The molecule has 1 heterocycles. The predicted octanol–water partition coefficient (Wildman–Crippen LogP) is 1.80. The molecule has 2 aromatic rings. The summed E-state index contributed by atoms with van der Waals surface area (Å²) in [6.07, 6.45) is 5.57. The van der Waals surface area contributed by atoms with Crippen LogP contribution in [0.15, 0.2) is 18.2 Å². The number of amides is 2. The molecule has 1 saturated carbocycles. The van der Waals surface area contributed by atoms with E-state index in [2.05, 4.69) is 20.7 Å². The fourth-order valence-corrected chi connectivity index (χ4v) is 3.31. The largest absolute Gasteiger partial charge is 0.490 e. The molecule has 150 valence electrons. The number of nitrogens with one attached hydrogen (secondary N) is 2. The predicted molar refractivity (Wildman–Crippen MR) is 102 cm³/mol. The number of ether oxygens (including phenoxy) is 2. The Kier molecular flexibility index (Phi) is 6.46. The van der Waals surface area contributed by atoms with Crippen LogP contribution in [-0.4, -0.2) is 46.5 Å². The highest BCUT2D eigenvalue weighted by Gasteiger charge is 2.19. The van der Waals surface area contributed by atoms with Gasteiger partial charge in [-0.25, -0.2) is 0 Å². The first-order chi connectivity index (χ1) is 13.6. The summed E-state index contributed by atoms with van der Waals surface area (Å²) in [6.45, 7) is 2.17. The van der Waals surface area contributed by atoms with Gasteiger partial charge in [-0.05, 0) is 38.0 Å². The summed E-state index contributed by atoms with van der Waals surface area (Å²) in [5, 5.41) is 13.2. The molecule has 9 nitrogen and oxygen atoms in total. The Bertz CT molecular complexity index is 829. The van der Waals surface area contributed by atoms with E-state index < -0.39 is 5.91 Å². The Labute approximate surface area is 163 Å². The molecule has 2 amide bonds. The second kappa shape index (κ2) is 9.20. The Morgan fingerprint density at radius 3 is 2.68 bits per heavy atom. The zero-order valence-electron chi connectivity index (χ0n) is 15.9. The number of carbonyl (C=O) groups excluding carboxylic acids is 2. The molecule has 0 atom stereocenters. The fourth-order valence-electron chi connectivity index (χ4n) is 3.31. The molecular weight excluding hydrogens is 362 g/mol. The molecule has 0 aliphatic heterocycles. The van der Waals surface area contributed by atoms with E-state index in [1.807, 2.05) is 6.92 Å². The second-order valence-corrected chi connectivity index (χ2v) is 6.67. The van der Waals surface area contributed by atoms with Crippen LogP contribution in [0.5, 0.6) is 11.5 Å². The van der Waals surface area contributed by atoms with Crippen LogP contribution in [0.3, 0.4) is 0 Å². The Hall–Kier alpha value is -3.10. The van der Waals surface area contributed by atoms with Gasteiger partial charge in [0.1, 0.15) is 5.69 Å². The number of nitrogens with two attached hydrogens (primary N) is 1. The van der Waals surface area contributed by atoms with Crippen molar-refractivity contribution in [3.05, 3.63) is 23.9 Å². The average molecular weight is 387 g/mol. The minimum absolute atomic E-state index is 0.0444. The number of H-pyrrole nitrogens is 1. The summed E-state index contributed by atoms with van der Waals surface area (Å²) in [5.41, 5.74) is 6.29. The zero-order valence-corrected chi connectivity index (χ0v) is 15.9. The SMILES string of the molecule is CCOc1cc(-c2n[nH]nc2C(N)=O)ccc1OCC(=O)NC1CCCCC1. The molecular formula is C19H25N5O4. The third kappa shape index (κ3) is 4.79. The lowest BCUT2D eigenvalue weighted by Gasteiger charge is -2.22. The zero-order chi connectivity index (χ0) is 19.9. The molecule has 3 rings (SSSR count). The Morgan fingerprint density at radius 1 is 1.18 bits per heavy atom. The molecule has 1 fully saturated rings. The fraction of sp³-hybridized carbons (Fsp3) is 0.474. The third-order valence-corrected chi connectivity index (χ3v) is 4.63. The molecule has 1 aromatic heterocycles. The van der Waals surface area contributed by atoms with E-state index in [4.69, 9.17) is 15.2 Å². The van der Waals surface area contributed by atoms with Crippen molar-refractivity contribution in [3.8, 4) is 22.8 Å². The van der Waals surface area contributed by atoms with Crippen molar-refractivity contribution in [2.24, 2.45) is 5.73 Å². The van der Waals surface area contributed by atoms with Crippen molar-refractivity contribution >= 4 is 11.8 Å². The average Bonchev–Trinajstić information content (AvgIpc) is 3.18. The minimum Gasteiger partial charge on any atom is -0.490 e. The summed E-state index contributed by atoms with van der Waals surface area (Å²) >= 11 is 0. The van der Waals surface area contributed by atoms with Crippen molar-refractivity contribution in [1.29, 1.82) is 0 Å². The molecule has 28 heavy (non-hydrogen) atoms. The highest BCUT2D eigenvalue weighted by atomic mass is 16.5. The number of benzene rings is 1. The third-order valence-electron chi connectivity index (χ3n) is 4.63. The number of aromatic nitrogens is 3. The molecule has 4 N–H and O–H groups in total. The van der Waals surface area contributed by atoms with Gasteiger partial charge in [-0.15, -0.1) is 0 Å². The molecule has 1 aliphatic rings. The summed E-state index contributed by atoms with van der Waals surface area (Å²) in [6, 6.07) is 5.30. The van der Waals surface area contributed by atoms with Crippen molar-refractivity contribution in [2.45, 2.75) is 45.1 Å². The summed E-state index contributed by atoms with van der Waals surface area (Å²) < 4.78 is 11.3. The van der Waals surface area contributed by atoms with Gasteiger partial charge in [0.2, 0.25) is 0 Å². The number of primary amides is 1. The van der Waals surface area contributed by atoms with E-state index in [1.54, 1.807) is 18.2 Å². The lowest BCUT2D eigenvalue weighted by Crippen LogP contribution is -2.39. The van der Waals surface area contributed by atoms with Crippen molar-refractivity contribution in [2.75, 3.05) is 13.2 Å². The number of hydrogen-bond donors (Lipinski definition) is 3. The van der Waals surface area contributed by atoms with Crippen LogP contribution in [0.2, 0.25) is 0 Å². The summed E-state index contributed by atoms with van der Waals surface area (Å²) in [5.74, 6) is 0.0600. The highest BCUT2D eigenvalue weighted by molar-refractivity contribution is 5.96. The molecule has 0 radical (unpaired) electrons. The van der Waals surface area contributed by atoms with Gasteiger partial charge in [0.15, 0.2) is 23.8 Å². The van der Waals surface area contributed by atoms with Crippen LogP contribution < -0.4 is 20.5 Å². The number of rotatable bonds is 8. The molecule has 9 heteroatoms. The number of nitrogens with zero attached hydrogens (tertiary/aromatic N) is 2. The van der Waals surface area contributed by atoms with E-state index in [0.717, 1.165) is 25.7 Å². The number of aromatic amines is 1. The maximum atomic E-state index is 12.2. The molecule has 0 unspecified atom stereocenters. The summed E-state index contributed by atoms with van der Waals surface area (Å²) in [4.78, 5) is 23.7. The maximum absolute atomic E-state index is 12.2. The van der Waals surface area contributed by atoms with Crippen LogP contribution in [0.4, 0.5) is 0 Å². The molecule has 1 aliphatic carbocycles. The van der Waals surface area contributed by atoms with E-state index in [1.165, 1.54) is 6.42 Å². The number of hydrogen-bond acceptors (Lipinski definition) is 6. The van der Waals surface area contributed by atoms with Gasteiger partial charge in [-0.2, -0.15) is 15.4 Å². The number of carbonyl (C=O) groups is 2. The van der Waals surface area contributed by atoms with Gasteiger partial charge >= 0.3 is 0 Å². The Morgan fingerprint density at radius 2 is 1.96 bits per heavy atom. The lowest BCUT2D eigenvalue weighted by atomic mass is 9.95. The van der Waals surface area contributed by atoms with Crippen molar-refractivity contribution in [1.82, 2.24) is 20.7 Å². The minimum atomic E-state index is -0.679. The quantitative estimate of drug-likeness (QED) is 0.633. The lowest BCUT2D eigenvalue weighted by molar-refractivity contribution is -0.124. The topological polar surface area (TPSA) is 132 Å². The molecule has 0 spiro atoms. The maximum Gasteiger partial charge on any atom is 0.271 e. The molecule has 0 bridgehead atoms. The Balaban J connectivity index is 1.69. The van der Waals surface area contributed by atoms with Crippen molar-refractivity contribution in [3.63, 3.8) is 0 Å². The van der Waals surface area contributed by atoms with Crippen LogP contribution in [0.1, 0.15) is 49.5 Å². The van der Waals surface area contributed by atoms with Crippen molar-refractivity contribution < 1.29 is 19.1 Å². The standard InChI is InChI=1S/C19H25N5O4/c1-2-27-15-10-12(17-18(19(20)26)23-24-22-17)8-9-14(15)28-11-16(25)21-13-6-4-3-5-7-13/h8-10,13H,2-7,11H2,1H3,(H2,20,26)(H,21,25)(H,22,23,24). The monoisotopic (exact) mass is 387 g/mol. The normalized spacial score (nSPS) is 14.5. The van der Waals surface area contributed by atoms with Gasteiger partial charge < -0.3 is 20.5 Å². The van der Waals surface area contributed by atoms with Gasteiger partial charge in [-0.3, -0.25) is 9.59 Å². The van der Waals surface area contributed by atoms with Crippen LogP contribution in [0, 0.1) is 0 Å². The highest BCUT2D eigenvalue weighted by Crippen LogP contribution is 2.33. The smallest absolute Gasteiger partial charge is 0.271 e. The second-order valence-electron chi connectivity index (χ2n) is 6.67. The molecule has 0 saturated heterocycles. The molecule has 1 aromatic carbocycles. The van der Waals surface area contributed by atoms with E-state index in [-0.39, 0.29) is 24.2 Å². The first-order valence-electron chi connectivity index (χ1n) is 9.48. The van der Waals surface area contributed by atoms with E-state index in [0.29, 0.717) is 29.4 Å². The summed E-state index contributed by atoms with van der Waals surface area (Å²) in [7, 11) is 0. The van der Waals surface area contributed by atoms with Gasteiger partial charge in [0.05, 0.1) is 6.61 Å². The van der Waals surface area contributed by atoms with Crippen LogP contribution in [0.25, 0.3) is 11.3 Å². The van der Waals surface area contributed by atoms with E-state index in [9.17, 15) is 9.59 Å². The van der Waals surface area contributed by atoms with Crippen LogP contribution in [-0.2, 0) is 4.79 Å². The van der Waals surface area contributed by atoms with Gasteiger partial charge in [-0.1, -0.05) is 19.3 Å². The van der Waals surface area contributed by atoms with Gasteiger partial charge in [0, 0.05) is 11.6 Å². The van der Waals surface area contributed by atoms with E-state index >= 15 is 0 Å². The van der Waals surface area contributed by atoms with Gasteiger partial charge in [0.25, 0.3) is 11.8 Å². The first-order valence-corrected chi connectivity index (χ1v) is 9.48.